The standard InChI is InChI=1S/C20H16Cl2N4OS/c1-12-10-23-4-3-17(12)19(27)26(16-8-14(21)7-15(22)9-16)11-18-13(2)24-20-25(18)5-6-28-20/h3-10H,11H2,1-2H3. The van der Waals surface area contributed by atoms with Crippen molar-refractivity contribution in [2.75, 3.05) is 4.90 Å². The maximum Gasteiger partial charge on any atom is 0.259 e. The van der Waals surface area contributed by atoms with Crippen molar-refractivity contribution in [3.63, 3.8) is 0 Å². The van der Waals surface area contributed by atoms with Crippen LogP contribution < -0.4 is 4.90 Å². The minimum Gasteiger partial charge on any atom is -0.302 e. The van der Waals surface area contributed by atoms with Crippen molar-refractivity contribution >= 4 is 51.1 Å². The van der Waals surface area contributed by atoms with Crippen molar-refractivity contribution in [2.45, 2.75) is 20.4 Å². The minimum atomic E-state index is -0.150. The highest BCUT2D eigenvalue weighted by Gasteiger charge is 2.23. The maximum absolute atomic E-state index is 13.5. The third kappa shape index (κ3) is 3.51. The molecule has 4 aromatic rings. The van der Waals surface area contributed by atoms with E-state index in [1.165, 1.54) is 0 Å². The molecule has 0 bridgehead atoms. The first kappa shape index (κ1) is 18.9. The number of hydrogen-bond donors (Lipinski definition) is 0. The van der Waals surface area contributed by atoms with Gasteiger partial charge in [0.1, 0.15) is 0 Å². The summed E-state index contributed by atoms with van der Waals surface area (Å²) in [6.45, 7) is 4.14. The molecule has 0 aliphatic heterocycles. The second-order valence-electron chi connectivity index (χ2n) is 6.41. The molecule has 4 rings (SSSR count). The predicted molar refractivity (Wildman–Crippen MR) is 114 cm³/mol. The van der Waals surface area contributed by atoms with Crippen LogP contribution in [-0.4, -0.2) is 20.3 Å². The zero-order valence-electron chi connectivity index (χ0n) is 15.2. The molecule has 28 heavy (non-hydrogen) atoms. The van der Waals surface area contributed by atoms with Gasteiger partial charge in [0.15, 0.2) is 4.96 Å². The summed E-state index contributed by atoms with van der Waals surface area (Å²) in [4.78, 5) is 24.7. The van der Waals surface area contributed by atoms with E-state index in [1.54, 1.807) is 52.9 Å². The Kier molecular flexibility index (Phi) is 5.10. The molecule has 3 heterocycles. The van der Waals surface area contributed by atoms with E-state index in [-0.39, 0.29) is 5.91 Å². The first-order valence-corrected chi connectivity index (χ1v) is 10.2. The average Bonchev–Trinajstić information content (AvgIpc) is 3.20. The summed E-state index contributed by atoms with van der Waals surface area (Å²) in [5.74, 6) is -0.150. The number of halogens is 2. The number of anilines is 1. The van der Waals surface area contributed by atoms with Crippen LogP contribution in [0.2, 0.25) is 10.0 Å². The summed E-state index contributed by atoms with van der Waals surface area (Å²) >= 11 is 14.0. The Bertz CT molecular complexity index is 1160. The van der Waals surface area contributed by atoms with Gasteiger partial charge < -0.3 is 4.90 Å². The molecule has 3 aromatic heterocycles. The third-order valence-corrected chi connectivity index (χ3v) is 5.72. The molecule has 0 fully saturated rings. The topological polar surface area (TPSA) is 50.5 Å². The molecule has 0 N–H and O–H groups in total. The number of aromatic nitrogens is 3. The van der Waals surface area contributed by atoms with E-state index in [1.807, 2.05) is 29.8 Å². The highest BCUT2D eigenvalue weighted by atomic mass is 35.5. The SMILES string of the molecule is Cc1cnccc1C(=O)N(Cc1c(C)nc2sccn12)c1cc(Cl)cc(Cl)c1. The zero-order chi connectivity index (χ0) is 19.8. The number of benzene rings is 1. The lowest BCUT2D eigenvalue weighted by Crippen LogP contribution is -2.31. The molecule has 0 unspecified atom stereocenters. The van der Waals surface area contributed by atoms with E-state index in [0.29, 0.717) is 27.8 Å². The highest BCUT2D eigenvalue weighted by Crippen LogP contribution is 2.29. The van der Waals surface area contributed by atoms with Crippen molar-refractivity contribution in [1.82, 2.24) is 14.4 Å². The van der Waals surface area contributed by atoms with Gasteiger partial charge in [-0.05, 0) is 43.7 Å². The van der Waals surface area contributed by atoms with Crippen LogP contribution in [-0.2, 0) is 6.54 Å². The largest absolute Gasteiger partial charge is 0.302 e. The molecule has 0 saturated carbocycles. The average molecular weight is 431 g/mol. The molecule has 0 aliphatic rings. The Morgan fingerprint density at radius 1 is 1.21 bits per heavy atom. The van der Waals surface area contributed by atoms with Crippen molar-refractivity contribution in [3.8, 4) is 0 Å². The van der Waals surface area contributed by atoms with Crippen molar-refractivity contribution < 1.29 is 4.79 Å². The van der Waals surface area contributed by atoms with Gasteiger partial charge in [0.05, 0.1) is 17.9 Å². The predicted octanol–water partition coefficient (Wildman–Crippen LogP) is 5.56. The first-order chi connectivity index (χ1) is 13.4. The van der Waals surface area contributed by atoms with Gasteiger partial charge in [-0.25, -0.2) is 4.98 Å². The number of carbonyl (C=O) groups excluding carboxylic acids is 1. The fourth-order valence-electron chi connectivity index (χ4n) is 3.12. The number of amides is 1. The number of hydrogen-bond acceptors (Lipinski definition) is 4. The summed E-state index contributed by atoms with van der Waals surface area (Å²) in [5, 5.41) is 2.91. The lowest BCUT2D eigenvalue weighted by atomic mass is 10.1. The van der Waals surface area contributed by atoms with E-state index in [4.69, 9.17) is 23.2 Å². The quantitative estimate of drug-likeness (QED) is 0.425. The number of rotatable bonds is 4. The molecule has 0 aliphatic carbocycles. The Hall–Kier alpha value is -2.41. The number of fused-ring (bicyclic) bond motifs is 1. The fraction of sp³-hybridized carbons (Fsp3) is 0.150. The molecule has 5 nitrogen and oxygen atoms in total. The third-order valence-electron chi connectivity index (χ3n) is 4.52. The number of aryl methyl sites for hydroxylation is 2. The van der Waals surface area contributed by atoms with Gasteiger partial charge >= 0.3 is 0 Å². The molecule has 0 atom stereocenters. The minimum absolute atomic E-state index is 0.150. The van der Waals surface area contributed by atoms with E-state index in [0.717, 1.165) is 21.9 Å². The molecule has 8 heteroatoms. The van der Waals surface area contributed by atoms with Crippen LogP contribution in [0.4, 0.5) is 5.69 Å². The van der Waals surface area contributed by atoms with E-state index in [9.17, 15) is 4.79 Å². The van der Waals surface area contributed by atoms with Crippen LogP contribution in [0.3, 0.4) is 0 Å². The molecule has 1 amide bonds. The van der Waals surface area contributed by atoms with Gasteiger partial charge in [-0.15, -0.1) is 11.3 Å². The molecular formula is C20H16Cl2N4OS. The second kappa shape index (κ2) is 7.54. The van der Waals surface area contributed by atoms with Crippen LogP contribution in [0.1, 0.15) is 27.3 Å². The Balaban J connectivity index is 1.84. The molecule has 0 saturated heterocycles. The van der Waals surface area contributed by atoms with Gasteiger partial charge in [0.25, 0.3) is 5.91 Å². The molecule has 1 aromatic carbocycles. The molecule has 142 valence electrons. The summed E-state index contributed by atoms with van der Waals surface area (Å²) in [6.07, 6.45) is 5.25. The molecule has 0 spiro atoms. The highest BCUT2D eigenvalue weighted by molar-refractivity contribution is 7.15. The summed E-state index contributed by atoms with van der Waals surface area (Å²) in [6, 6.07) is 6.85. The van der Waals surface area contributed by atoms with Gasteiger partial charge in [0, 0.05) is 45.3 Å². The molecule has 0 radical (unpaired) electrons. The van der Waals surface area contributed by atoms with E-state index in [2.05, 4.69) is 9.97 Å². The smallest absolute Gasteiger partial charge is 0.259 e. The Labute approximate surface area is 176 Å². The Morgan fingerprint density at radius 2 is 1.96 bits per heavy atom. The van der Waals surface area contributed by atoms with Crippen LogP contribution in [0.15, 0.2) is 48.2 Å². The van der Waals surface area contributed by atoms with Gasteiger partial charge in [-0.2, -0.15) is 0 Å². The van der Waals surface area contributed by atoms with Gasteiger partial charge in [-0.1, -0.05) is 23.2 Å². The number of imidazole rings is 1. The van der Waals surface area contributed by atoms with E-state index < -0.39 is 0 Å². The number of pyridine rings is 1. The maximum atomic E-state index is 13.5. The van der Waals surface area contributed by atoms with Crippen LogP contribution >= 0.6 is 34.5 Å². The van der Waals surface area contributed by atoms with Crippen LogP contribution in [0, 0.1) is 13.8 Å². The summed E-state index contributed by atoms with van der Waals surface area (Å²) < 4.78 is 2.01. The van der Waals surface area contributed by atoms with Gasteiger partial charge in [0.2, 0.25) is 0 Å². The number of nitrogens with zero attached hydrogens (tertiary/aromatic N) is 4. The summed E-state index contributed by atoms with van der Waals surface area (Å²) in [7, 11) is 0. The van der Waals surface area contributed by atoms with Crippen LogP contribution in [0.25, 0.3) is 4.96 Å². The van der Waals surface area contributed by atoms with Crippen LogP contribution in [0.5, 0.6) is 0 Å². The zero-order valence-corrected chi connectivity index (χ0v) is 17.5. The lowest BCUT2D eigenvalue weighted by molar-refractivity contribution is 0.0984. The number of thiazole rings is 1. The second-order valence-corrected chi connectivity index (χ2v) is 8.15. The van der Waals surface area contributed by atoms with Crippen molar-refractivity contribution in [1.29, 1.82) is 0 Å². The summed E-state index contributed by atoms with van der Waals surface area (Å²) in [5.41, 5.74) is 3.83. The monoisotopic (exact) mass is 430 g/mol. The number of carbonyl (C=O) groups is 1. The van der Waals surface area contributed by atoms with E-state index >= 15 is 0 Å². The molecular weight excluding hydrogens is 415 g/mol. The van der Waals surface area contributed by atoms with Gasteiger partial charge in [-0.3, -0.25) is 14.2 Å². The Morgan fingerprint density at radius 3 is 2.68 bits per heavy atom. The van der Waals surface area contributed by atoms with Crippen molar-refractivity contribution in [3.05, 3.63) is 80.8 Å². The first-order valence-electron chi connectivity index (χ1n) is 8.53. The normalized spacial score (nSPS) is 11.1. The fourth-order valence-corrected chi connectivity index (χ4v) is 4.41. The lowest BCUT2D eigenvalue weighted by Gasteiger charge is -2.24. The van der Waals surface area contributed by atoms with Crippen molar-refractivity contribution in [2.24, 2.45) is 0 Å².